The van der Waals surface area contributed by atoms with Crippen LogP contribution in [0.1, 0.15) is 25.3 Å². The highest BCUT2D eigenvalue weighted by molar-refractivity contribution is 5.87. The quantitative estimate of drug-likeness (QED) is 0.418. The zero-order valence-electron chi connectivity index (χ0n) is 19.7. The largest absolute Gasteiger partial charge is 0.355 e. The summed E-state index contributed by atoms with van der Waals surface area (Å²) in [5, 5.41) is 7.45. The van der Waals surface area contributed by atoms with Crippen molar-refractivity contribution in [1.82, 2.24) is 29.5 Å². The normalized spacial score (nSPS) is 23.2. The minimum Gasteiger partial charge on any atom is -0.355 e. The highest BCUT2D eigenvalue weighted by atomic mass is 19.1. The number of fused-ring (bicyclic) bond motifs is 3. The van der Waals surface area contributed by atoms with Crippen LogP contribution in [-0.4, -0.2) is 42.6 Å². The van der Waals surface area contributed by atoms with Gasteiger partial charge in [0.1, 0.15) is 22.8 Å². The maximum atomic E-state index is 14.7. The molecule has 2 aliphatic rings. The molecule has 4 aromatic heterocycles. The van der Waals surface area contributed by atoms with Gasteiger partial charge in [-0.3, -0.25) is 14.3 Å². The minimum atomic E-state index is -0.152. The third-order valence-corrected chi connectivity index (χ3v) is 8.24. The van der Waals surface area contributed by atoms with Crippen LogP contribution in [-0.2, 0) is 5.41 Å². The van der Waals surface area contributed by atoms with E-state index < -0.39 is 0 Å². The maximum Gasteiger partial charge on any atom is 0.257 e. The number of nitrogens with zero attached hydrogens (tertiary/aromatic N) is 6. The monoisotopic (exact) mass is 481 g/mol. The van der Waals surface area contributed by atoms with Crippen LogP contribution < -0.4 is 10.5 Å². The number of H-pyrrole nitrogens is 1. The van der Waals surface area contributed by atoms with E-state index in [-0.39, 0.29) is 16.8 Å². The molecule has 1 saturated heterocycles. The van der Waals surface area contributed by atoms with Crippen molar-refractivity contribution < 1.29 is 4.39 Å². The molecule has 1 aliphatic carbocycles. The molecule has 1 aliphatic heterocycles. The lowest BCUT2D eigenvalue weighted by molar-refractivity contribution is 0.516. The topological polar surface area (TPSA) is 92.1 Å². The molecule has 0 unspecified atom stereocenters. The minimum absolute atomic E-state index is 0.0971. The fourth-order valence-corrected chi connectivity index (χ4v) is 6.46. The Labute approximate surface area is 205 Å². The molecule has 9 heteroatoms. The first-order valence-corrected chi connectivity index (χ1v) is 12.3. The number of halogens is 1. The lowest BCUT2D eigenvalue weighted by atomic mass is 9.88. The Kier molecular flexibility index (Phi) is 4.52. The first-order valence-electron chi connectivity index (χ1n) is 12.3. The number of piperidine rings is 1. The number of pyridine rings is 1. The molecule has 1 aromatic carbocycles. The average molecular weight is 482 g/mol. The number of nitrogens with one attached hydrogen (secondary N) is 1. The van der Waals surface area contributed by atoms with Crippen LogP contribution in [0, 0.1) is 17.7 Å². The van der Waals surface area contributed by atoms with Crippen molar-refractivity contribution in [2.45, 2.75) is 25.2 Å². The van der Waals surface area contributed by atoms with Gasteiger partial charge in [0.05, 0.1) is 11.9 Å². The number of aromatic amines is 1. The van der Waals surface area contributed by atoms with E-state index in [0.29, 0.717) is 34.3 Å². The predicted molar refractivity (Wildman–Crippen MR) is 134 cm³/mol. The van der Waals surface area contributed by atoms with Gasteiger partial charge in [0, 0.05) is 42.5 Å². The second-order valence-corrected chi connectivity index (χ2v) is 9.75. The Balaban J connectivity index is 1.19. The van der Waals surface area contributed by atoms with Crippen molar-refractivity contribution >= 4 is 22.6 Å². The highest BCUT2D eigenvalue weighted by Crippen LogP contribution is 2.65. The number of anilines is 1. The summed E-state index contributed by atoms with van der Waals surface area (Å²) in [7, 11) is 0. The molecule has 0 spiro atoms. The summed E-state index contributed by atoms with van der Waals surface area (Å²) in [6, 6.07) is 12.3. The lowest BCUT2D eigenvalue weighted by Crippen LogP contribution is -2.32. The van der Waals surface area contributed by atoms with E-state index >= 15 is 0 Å². The molecule has 5 heterocycles. The molecule has 1 saturated carbocycles. The molecule has 180 valence electrons. The standard InChI is InChI=1S/C27H24FN7O/c1-2-27(18-5-3-4-6-20(18)28)17-10-12-34(15-19(17)27)22-13-30-25-24(32-33-26(25)31-22)16-7-8-21-29-11-9-23(36)35(21)14-16/h3-9,11,13-14,17,19H,2,10,12,15H2,1H3,(H,31,32,33)/t17-,19+,27-/m1/s1. The van der Waals surface area contributed by atoms with Gasteiger partial charge >= 0.3 is 0 Å². The number of benzene rings is 1. The Morgan fingerprint density at radius 2 is 2.03 bits per heavy atom. The number of rotatable bonds is 4. The van der Waals surface area contributed by atoms with E-state index in [9.17, 15) is 9.18 Å². The summed E-state index contributed by atoms with van der Waals surface area (Å²) in [4.78, 5) is 28.2. The highest BCUT2D eigenvalue weighted by Gasteiger charge is 2.65. The molecule has 2 fully saturated rings. The van der Waals surface area contributed by atoms with Gasteiger partial charge in [-0.15, -0.1) is 0 Å². The van der Waals surface area contributed by atoms with Crippen LogP contribution in [0.4, 0.5) is 10.2 Å². The van der Waals surface area contributed by atoms with E-state index in [2.05, 4.69) is 27.0 Å². The summed E-state index contributed by atoms with van der Waals surface area (Å²) in [6.45, 7) is 3.85. The summed E-state index contributed by atoms with van der Waals surface area (Å²) >= 11 is 0. The smallest absolute Gasteiger partial charge is 0.257 e. The predicted octanol–water partition coefficient (Wildman–Crippen LogP) is 3.97. The van der Waals surface area contributed by atoms with E-state index in [0.717, 1.165) is 42.9 Å². The first-order chi connectivity index (χ1) is 17.6. The van der Waals surface area contributed by atoms with Crippen LogP contribution in [0.15, 0.2) is 65.8 Å². The summed E-state index contributed by atoms with van der Waals surface area (Å²) < 4.78 is 16.2. The molecular formula is C27H24FN7O. The molecular weight excluding hydrogens is 457 g/mol. The van der Waals surface area contributed by atoms with Crippen LogP contribution in [0.5, 0.6) is 0 Å². The molecule has 36 heavy (non-hydrogen) atoms. The van der Waals surface area contributed by atoms with Crippen LogP contribution in [0.25, 0.3) is 28.1 Å². The van der Waals surface area contributed by atoms with E-state index in [1.165, 1.54) is 16.7 Å². The number of hydrogen-bond acceptors (Lipinski definition) is 6. The van der Waals surface area contributed by atoms with E-state index in [1.807, 2.05) is 18.2 Å². The second kappa shape index (κ2) is 7.68. The molecule has 8 nitrogen and oxygen atoms in total. The third-order valence-electron chi connectivity index (χ3n) is 8.24. The van der Waals surface area contributed by atoms with E-state index in [4.69, 9.17) is 9.97 Å². The van der Waals surface area contributed by atoms with Crippen molar-refractivity contribution in [1.29, 1.82) is 0 Å². The van der Waals surface area contributed by atoms with Gasteiger partial charge < -0.3 is 4.90 Å². The summed E-state index contributed by atoms with van der Waals surface area (Å²) in [5.41, 5.74) is 3.82. The number of hydrogen-bond donors (Lipinski definition) is 1. The second-order valence-electron chi connectivity index (χ2n) is 9.75. The Hall–Kier alpha value is -4.14. The van der Waals surface area contributed by atoms with Crippen molar-refractivity contribution in [3.63, 3.8) is 0 Å². The average Bonchev–Trinajstić information content (AvgIpc) is 3.36. The maximum absolute atomic E-state index is 14.7. The Bertz CT molecular complexity index is 1700. The van der Waals surface area contributed by atoms with Crippen molar-refractivity contribution in [3.8, 4) is 11.3 Å². The van der Waals surface area contributed by atoms with Gasteiger partial charge in [0.2, 0.25) is 5.65 Å². The third kappa shape index (κ3) is 2.95. The molecule has 0 amide bonds. The van der Waals surface area contributed by atoms with Gasteiger partial charge in [-0.25, -0.2) is 19.3 Å². The van der Waals surface area contributed by atoms with Crippen molar-refractivity contribution in [2.75, 3.05) is 18.0 Å². The number of aromatic nitrogens is 6. The van der Waals surface area contributed by atoms with Crippen LogP contribution in [0.2, 0.25) is 0 Å². The fraction of sp³-hybridized carbons (Fsp3) is 0.296. The molecule has 0 bridgehead atoms. The summed E-state index contributed by atoms with van der Waals surface area (Å²) in [5.74, 6) is 1.57. The van der Waals surface area contributed by atoms with Crippen LogP contribution >= 0.6 is 0 Å². The summed E-state index contributed by atoms with van der Waals surface area (Å²) in [6.07, 6.45) is 6.95. The molecule has 7 rings (SSSR count). The zero-order valence-corrected chi connectivity index (χ0v) is 19.7. The lowest BCUT2D eigenvalue weighted by Gasteiger charge is -2.26. The van der Waals surface area contributed by atoms with Gasteiger partial charge in [0.15, 0.2) is 0 Å². The van der Waals surface area contributed by atoms with Gasteiger partial charge in [-0.05, 0) is 48.4 Å². The molecule has 0 radical (unpaired) electrons. The first kappa shape index (κ1) is 21.2. The Morgan fingerprint density at radius 3 is 2.89 bits per heavy atom. The van der Waals surface area contributed by atoms with Gasteiger partial charge in [-0.1, -0.05) is 25.1 Å². The molecule has 1 N–H and O–H groups in total. The Morgan fingerprint density at radius 1 is 1.14 bits per heavy atom. The SMILES string of the molecule is CC[C@]1(c2ccccc2F)[C@@H]2CCN(c3cnc4c(-c5ccc6nccc(=O)n6c5)[nH]nc4n3)C[C@@H]21. The fourth-order valence-electron chi connectivity index (χ4n) is 6.46. The van der Waals surface area contributed by atoms with E-state index in [1.54, 1.807) is 30.6 Å². The molecule has 3 atom stereocenters. The van der Waals surface area contributed by atoms with Gasteiger partial charge in [-0.2, -0.15) is 5.10 Å². The van der Waals surface area contributed by atoms with Crippen molar-refractivity contribution in [3.05, 3.63) is 82.8 Å². The van der Waals surface area contributed by atoms with Crippen LogP contribution in [0.3, 0.4) is 0 Å². The van der Waals surface area contributed by atoms with Crippen molar-refractivity contribution in [2.24, 2.45) is 11.8 Å². The van der Waals surface area contributed by atoms with Gasteiger partial charge in [0.25, 0.3) is 5.56 Å². The molecule has 5 aromatic rings. The zero-order chi connectivity index (χ0) is 24.4.